The monoisotopic (exact) mass is 469 g/mol. The van der Waals surface area contributed by atoms with Gasteiger partial charge in [-0.15, -0.1) is 22.7 Å². The molecule has 0 saturated carbocycles. The number of para-hydroxylation sites is 1. The molecule has 0 fully saturated rings. The van der Waals surface area contributed by atoms with Gasteiger partial charge in [-0.3, -0.25) is 14.4 Å². The maximum Gasteiger partial charge on any atom is 0.340 e. The molecule has 0 bridgehead atoms. The second-order valence-corrected chi connectivity index (χ2v) is 9.08. The third-order valence-corrected chi connectivity index (χ3v) is 6.97. The number of nitrogens with two attached hydrogens (primary N) is 1. The van der Waals surface area contributed by atoms with Crippen molar-refractivity contribution in [2.75, 3.05) is 17.2 Å². The zero-order valence-electron chi connectivity index (χ0n) is 16.8. The molecule has 3 amide bonds. The number of amides is 3. The van der Waals surface area contributed by atoms with Crippen LogP contribution in [0.4, 0.5) is 10.7 Å². The number of nitrogens with one attached hydrogen (secondary N) is 2. The van der Waals surface area contributed by atoms with Crippen LogP contribution < -0.4 is 16.4 Å². The summed E-state index contributed by atoms with van der Waals surface area (Å²) in [5.74, 6) is -2.28. The molecule has 0 atom stereocenters. The number of esters is 1. The Bertz CT molecular complexity index is 1200. The van der Waals surface area contributed by atoms with Gasteiger partial charge in [0.15, 0.2) is 6.61 Å². The Hall–Kier alpha value is -3.50. The van der Waals surface area contributed by atoms with Gasteiger partial charge in [0.05, 0.1) is 21.7 Å². The minimum atomic E-state index is -0.758. The predicted molar refractivity (Wildman–Crippen MR) is 122 cm³/mol. The van der Waals surface area contributed by atoms with Gasteiger partial charge in [0.2, 0.25) is 0 Å². The van der Waals surface area contributed by atoms with Crippen LogP contribution in [-0.2, 0) is 22.4 Å². The highest BCUT2D eigenvalue weighted by Gasteiger charge is 2.26. The van der Waals surface area contributed by atoms with Gasteiger partial charge in [-0.1, -0.05) is 18.2 Å². The summed E-state index contributed by atoms with van der Waals surface area (Å²) in [5.41, 5.74) is 7.13. The molecule has 32 heavy (non-hydrogen) atoms. The van der Waals surface area contributed by atoms with Crippen molar-refractivity contribution in [3.8, 4) is 0 Å². The maximum absolute atomic E-state index is 12.6. The minimum absolute atomic E-state index is 0.123. The van der Waals surface area contributed by atoms with E-state index < -0.39 is 24.4 Å². The van der Waals surface area contributed by atoms with Gasteiger partial charge in [-0.2, -0.15) is 0 Å². The second-order valence-electron chi connectivity index (χ2n) is 7.03. The fourth-order valence-electron chi connectivity index (χ4n) is 3.49. The number of primary amides is 1. The zero-order valence-corrected chi connectivity index (χ0v) is 18.4. The normalized spacial score (nSPS) is 12.1. The highest BCUT2D eigenvalue weighted by atomic mass is 32.1. The van der Waals surface area contributed by atoms with Crippen molar-refractivity contribution in [2.45, 2.75) is 19.3 Å². The molecular weight excluding hydrogens is 450 g/mol. The second kappa shape index (κ2) is 9.33. The standard InChI is InChI=1S/C22H19N3O5S2/c23-19(27)18-13-6-3-8-15(13)32-21(18)25-17(26)11-30-22(29)12-5-1-2-7-14(12)24-20(28)16-9-4-10-31-16/h1-2,4-5,7,9-10H,3,6,8,11H2,(H2,23,27)(H,24,28)(H,25,26). The minimum Gasteiger partial charge on any atom is -0.452 e. The van der Waals surface area contributed by atoms with Crippen LogP contribution in [0.25, 0.3) is 0 Å². The largest absolute Gasteiger partial charge is 0.452 e. The molecule has 0 aliphatic heterocycles. The lowest BCUT2D eigenvalue weighted by atomic mass is 10.1. The van der Waals surface area contributed by atoms with Gasteiger partial charge in [0.1, 0.15) is 5.00 Å². The van der Waals surface area contributed by atoms with Crippen molar-refractivity contribution in [3.63, 3.8) is 0 Å². The average Bonchev–Trinajstić information content (AvgIpc) is 3.49. The summed E-state index contributed by atoms with van der Waals surface area (Å²) >= 11 is 2.60. The molecule has 0 unspecified atom stereocenters. The van der Waals surface area contributed by atoms with Gasteiger partial charge in [-0.25, -0.2) is 4.79 Å². The van der Waals surface area contributed by atoms with Crippen LogP contribution in [0.15, 0.2) is 41.8 Å². The molecule has 8 nitrogen and oxygen atoms in total. The number of rotatable bonds is 7. The van der Waals surface area contributed by atoms with E-state index in [1.807, 2.05) is 0 Å². The summed E-state index contributed by atoms with van der Waals surface area (Å²) in [6.07, 6.45) is 2.55. The predicted octanol–water partition coefficient (Wildman–Crippen LogP) is 3.45. The number of fused-ring (bicyclic) bond motifs is 1. The van der Waals surface area contributed by atoms with E-state index in [0.29, 0.717) is 15.4 Å². The van der Waals surface area contributed by atoms with Crippen LogP contribution in [0.5, 0.6) is 0 Å². The molecule has 2 aromatic heterocycles. The summed E-state index contributed by atoms with van der Waals surface area (Å²) in [6.45, 7) is -0.549. The molecule has 2 heterocycles. The Morgan fingerprint density at radius 3 is 2.59 bits per heavy atom. The molecule has 1 aliphatic rings. The van der Waals surface area contributed by atoms with E-state index in [9.17, 15) is 19.2 Å². The van der Waals surface area contributed by atoms with Gasteiger partial charge in [0.25, 0.3) is 17.7 Å². The third-order valence-electron chi connectivity index (χ3n) is 4.90. The van der Waals surface area contributed by atoms with Crippen LogP contribution in [-0.4, -0.2) is 30.3 Å². The average molecular weight is 470 g/mol. The highest BCUT2D eigenvalue weighted by Crippen LogP contribution is 2.38. The molecule has 164 valence electrons. The number of aryl methyl sites for hydroxylation is 1. The van der Waals surface area contributed by atoms with Crippen LogP contribution in [0.2, 0.25) is 0 Å². The van der Waals surface area contributed by atoms with E-state index >= 15 is 0 Å². The summed E-state index contributed by atoms with van der Waals surface area (Å²) in [6, 6.07) is 9.81. The molecular formula is C22H19N3O5S2. The van der Waals surface area contributed by atoms with Gasteiger partial charge >= 0.3 is 5.97 Å². The summed E-state index contributed by atoms with van der Waals surface area (Å²) in [4.78, 5) is 50.6. The van der Waals surface area contributed by atoms with Crippen molar-refractivity contribution in [1.29, 1.82) is 0 Å². The number of hydrogen-bond acceptors (Lipinski definition) is 7. The number of anilines is 2. The third kappa shape index (κ3) is 4.56. The van der Waals surface area contributed by atoms with Gasteiger partial charge in [-0.05, 0) is 48.4 Å². The summed E-state index contributed by atoms with van der Waals surface area (Å²) in [7, 11) is 0. The zero-order chi connectivity index (χ0) is 22.7. The van der Waals surface area contributed by atoms with Crippen molar-refractivity contribution in [2.24, 2.45) is 5.73 Å². The molecule has 1 aromatic carbocycles. The number of carbonyl (C=O) groups excluding carboxylic acids is 4. The van der Waals surface area contributed by atoms with Crippen LogP contribution >= 0.6 is 22.7 Å². The maximum atomic E-state index is 12.6. The SMILES string of the molecule is NC(=O)c1c(NC(=O)COC(=O)c2ccccc2NC(=O)c2cccs2)sc2c1CCC2. The van der Waals surface area contributed by atoms with Crippen LogP contribution in [0.1, 0.15) is 47.2 Å². The van der Waals surface area contributed by atoms with E-state index in [4.69, 9.17) is 10.5 Å². The Balaban J connectivity index is 1.40. The topological polar surface area (TPSA) is 128 Å². The molecule has 1 aliphatic carbocycles. The summed E-state index contributed by atoms with van der Waals surface area (Å²) in [5, 5.41) is 7.47. The van der Waals surface area contributed by atoms with Crippen molar-refractivity contribution in [3.05, 3.63) is 68.2 Å². The summed E-state index contributed by atoms with van der Waals surface area (Å²) < 4.78 is 5.14. The molecule has 4 N–H and O–H groups in total. The van der Waals surface area contributed by atoms with E-state index in [2.05, 4.69) is 10.6 Å². The van der Waals surface area contributed by atoms with E-state index in [-0.39, 0.29) is 17.2 Å². The Morgan fingerprint density at radius 1 is 1.03 bits per heavy atom. The number of ether oxygens (including phenoxy) is 1. The Morgan fingerprint density at radius 2 is 1.84 bits per heavy atom. The van der Waals surface area contributed by atoms with Gasteiger partial charge < -0.3 is 21.1 Å². The molecule has 10 heteroatoms. The Labute approximate surface area is 191 Å². The number of thiophene rings is 2. The highest BCUT2D eigenvalue weighted by molar-refractivity contribution is 7.17. The van der Waals surface area contributed by atoms with Crippen molar-refractivity contribution in [1.82, 2.24) is 0 Å². The van der Waals surface area contributed by atoms with E-state index in [0.717, 1.165) is 29.7 Å². The fourth-order valence-corrected chi connectivity index (χ4v) is 5.42. The van der Waals surface area contributed by atoms with Crippen molar-refractivity contribution >= 4 is 57.1 Å². The smallest absolute Gasteiger partial charge is 0.340 e. The quantitative estimate of drug-likeness (QED) is 0.457. The molecule has 3 aromatic rings. The first-order valence-electron chi connectivity index (χ1n) is 9.79. The lowest BCUT2D eigenvalue weighted by Gasteiger charge is -2.11. The first-order chi connectivity index (χ1) is 15.4. The van der Waals surface area contributed by atoms with E-state index in [1.54, 1.807) is 35.7 Å². The molecule has 0 spiro atoms. The van der Waals surface area contributed by atoms with Crippen LogP contribution in [0.3, 0.4) is 0 Å². The molecule has 4 rings (SSSR count). The lowest BCUT2D eigenvalue weighted by molar-refractivity contribution is -0.119. The Kier molecular flexibility index (Phi) is 6.33. The fraction of sp³-hybridized carbons (Fsp3) is 0.182. The van der Waals surface area contributed by atoms with Crippen LogP contribution in [0, 0.1) is 0 Å². The lowest BCUT2D eigenvalue weighted by Crippen LogP contribution is -2.23. The number of benzene rings is 1. The van der Waals surface area contributed by atoms with Gasteiger partial charge in [0, 0.05) is 4.88 Å². The number of hydrogen-bond donors (Lipinski definition) is 3. The number of carbonyl (C=O) groups is 4. The van der Waals surface area contributed by atoms with E-state index in [1.165, 1.54) is 28.7 Å². The first-order valence-corrected chi connectivity index (χ1v) is 11.5. The molecule has 0 saturated heterocycles. The molecule has 0 radical (unpaired) electrons. The first kappa shape index (κ1) is 21.7. The van der Waals surface area contributed by atoms with Crippen molar-refractivity contribution < 1.29 is 23.9 Å².